The Morgan fingerprint density at radius 3 is 2.36 bits per heavy atom. The largest absolute Gasteiger partial charge is 0.495 e. The molecule has 2 N–H and O–H groups in total. The molecule has 2 atom stereocenters. The Morgan fingerprint density at radius 2 is 1.79 bits per heavy atom. The lowest BCUT2D eigenvalue weighted by Crippen LogP contribution is -2.33. The van der Waals surface area contributed by atoms with Gasteiger partial charge in [-0.1, -0.05) is 0 Å². The van der Waals surface area contributed by atoms with E-state index in [-0.39, 0.29) is 35.0 Å². The van der Waals surface area contributed by atoms with Crippen LogP contribution in [0.1, 0.15) is 36.0 Å². The number of hydrogen-bond donors (Lipinski definition) is 2. The minimum atomic E-state index is -3.70. The average Bonchev–Trinajstić information content (AvgIpc) is 3.40. The fourth-order valence-corrected chi connectivity index (χ4v) is 5.61. The summed E-state index contributed by atoms with van der Waals surface area (Å²) in [4.78, 5) is 14.9. The number of sulfonamides is 1. The molecule has 2 aliphatic heterocycles. The molecule has 9 heteroatoms. The predicted molar refractivity (Wildman–Crippen MR) is 109 cm³/mol. The van der Waals surface area contributed by atoms with Crippen LogP contribution in [0.2, 0.25) is 0 Å². The Kier molecular flexibility index (Phi) is 6.54. The summed E-state index contributed by atoms with van der Waals surface area (Å²) in [5.41, 5.74) is 0.400. The molecule has 1 saturated carbocycles. The number of carbonyl (C=O) groups is 1. The lowest BCUT2D eigenvalue weighted by Gasteiger charge is -2.21. The Morgan fingerprint density at radius 1 is 1.14 bits per heavy atom. The maximum atomic E-state index is 13.0. The Bertz CT molecular complexity index is 814. The summed E-state index contributed by atoms with van der Waals surface area (Å²) in [6.45, 7) is 3.50. The molecule has 7 nitrogen and oxygen atoms in total. The second-order valence-electron chi connectivity index (χ2n) is 7.81. The Hall–Kier alpha value is -1.35. The zero-order valence-corrected chi connectivity index (χ0v) is 17.7. The minimum Gasteiger partial charge on any atom is -0.495 e. The highest BCUT2D eigenvalue weighted by molar-refractivity contribution is 7.89. The highest BCUT2D eigenvalue weighted by Gasteiger charge is 2.33. The molecule has 3 fully saturated rings. The first-order valence-electron chi connectivity index (χ1n) is 9.68. The summed E-state index contributed by atoms with van der Waals surface area (Å²) < 4.78 is 33.3. The van der Waals surface area contributed by atoms with Gasteiger partial charge in [0.2, 0.25) is 10.0 Å². The van der Waals surface area contributed by atoms with Crippen molar-refractivity contribution in [1.82, 2.24) is 14.9 Å². The second-order valence-corrected chi connectivity index (χ2v) is 9.49. The van der Waals surface area contributed by atoms with E-state index < -0.39 is 10.0 Å². The van der Waals surface area contributed by atoms with E-state index in [4.69, 9.17) is 4.74 Å². The first-order chi connectivity index (χ1) is 13.0. The molecule has 0 unspecified atom stereocenters. The highest BCUT2D eigenvalue weighted by Crippen LogP contribution is 2.30. The number of nitrogens with zero attached hydrogens (tertiary/aromatic N) is 1. The van der Waals surface area contributed by atoms with Gasteiger partial charge < -0.3 is 15.0 Å². The minimum absolute atomic E-state index is 0. The number of halogens is 1. The van der Waals surface area contributed by atoms with Crippen LogP contribution in [0.4, 0.5) is 0 Å². The van der Waals surface area contributed by atoms with Crippen molar-refractivity contribution in [2.24, 2.45) is 11.8 Å². The van der Waals surface area contributed by atoms with E-state index in [1.165, 1.54) is 13.2 Å². The average molecular weight is 430 g/mol. The van der Waals surface area contributed by atoms with Gasteiger partial charge in [0.25, 0.3) is 5.91 Å². The van der Waals surface area contributed by atoms with Crippen LogP contribution < -0.4 is 14.8 Å². The molecule has 1 aliphatic carbocycles. The summed E-state index contributed by atoms with van der Waals surface area (Å²) in [5, 5.41) is 3.43. The van der Waals surface area contributed by atoms with Gasteiger partial charge in [-0.2, -0.15) is 0 Å². The number of likely N-dealkylation sites (tertiary alicyclic amines) is 1. The molecule has 0 bridgehead atoms. The van der Waals surface area contributed by atoms with Gasteiger partial charge in [0.15, 0.2) is 0 Å². The van der Waals surface area contributed by atoms with E-state index in [1.807, 2.05) is 4.90 Å². The van der Waals surface area contributed by atoms with Crippen LogP contribution in [0.25, 0.3) is 0 Å². The number of methoxy groups -OCH3 is 1. The van der Waals surface area contributed by atoms with Crippen LogP contribution >= 0.6 is 12.4 Å². The first-order valence-corrected chi connectivity index (χ1v) is 11.2. The number of fused-ring (bicyclic) bond motifs is 1. The number of benzene rings is 1. The summed E-state index contributed by atoms with van der Waals surface area (Å²) in [6.07, 6.45) is 3.69. The number of hydrogen-bond acceptors (Lipinski definition) is 5. The van der Waals surface area contributed by atoms with Gasteiger partial charge in [0, 0.05) is 24.7 Å². The standard InChI is InChI=1S/C19H27N3O4S.ClH/c1-26-17-5-2-13(10-18(17)27(24,25)21-16-3-4-16)19(23)22-8-6-14-11-20-12-15(14)7-9-22;/h2,5,10,14-16,20-21H,3-4,6-9,11-12H2,1H3;1H/t14-,15+;. The van der Waals surface area contributed by atoms with Crippen molar-refractivity contribution in [3.8, 4) is 5.75 Å². The van der Waals surface area contributed by atoms with Crippen LogP contribution in [-0.2, 0) is 10.0 Å². The SMILES string of the molecule is COc1ccc(C(=O)N2CC[C@@H]3CNC[C@@H]3CC2)cc1S(=O)(=O)NC1CC1.Cl. The van der Waals surface area contributed by atoms with Crippen molar-refractivity contribution < 1.29 is 17.9 Å². The monoisotopic (exact) mass is 429 g/mol. The molecule has 4 rings (SSSR count). The molecule has 3 aliphatic rings. The Balaban J connectivity index is 0.00000225. The highest BCUT2D eigenvalue weighted by atomic mass is 35.5. The molecule has 0 spiro atoms. The fraction of sp³-hybridized carbons (Fsp3) is 0.632. The van der Waals surface area contributed by atoms with E-state index in [0.29, 0.717) is 17.4 Å². The van der Waals surface area contributed by atoms with E-state index in [2.05, 4.69) is 10.0 Å². The van der Waals surface area contributed by atoms with Crippen LogP contribution in [-0.4, -0.2) is 58.6 Å². The van der Waals surface area contributed by atoms with Crippen molar-refractivity contribution in [3.63, 3.8) is 0 Å². The van der Waals surface area contributed by atoms with Gasteiger partial charge in [-0.05, 0) is 68.8 Å². The van der Waals surface area contributed by atoms with Crippen LogP contribution in [0.3, 0.4) is 0 Å². The summed E-state index contributed by atoms with van der Waals surface area (Å²) in [7, 11) is -2.26. The molecule has 1 aromatic carbocycles. The number of rotatable bonds is 5. The van der Waals surface area contributed by atoms with Crippen molar-refractivity contribution in [1.29, 1.82) is 0 Å². The zero-order valence-electron chi connectivity index (χ0n) is 16.0. The molecule has 2 saturated heterocycles. The summed E-state index contributed by atoms with van der Waals surface area (Å²) in [6, 6.07) is 4.69. The molecule has 2 heterocycles. The van der Waals surface area contributed by atoms with Crippen molar-refractivity contribution >= 4 is 28.3 Å². The second kappa shape index (κ2) is 8.57. The third-order valence-electron chi connectivity index (χ3n) is 5.91. The molecular weight excluding hydrogens is 402 g/mol. The van der Waals surface area contributed by atoms with Gasteiger partial charge in [-0.15, -0.1) is 12.4 Å². The lowest BCUT2D eigenvalue weighted by atomic mass is 9.92. The molecule has 156 valence electrons. The number of carbonyl (C=O) groups excluding carboxylic acids is 1. The maximum Gasteiger partial charge on any atom is 0.253 e. The van der Waals surface area contributed by atoms with Crippen LogP contribution in [0.5, 0.6) is 5.75 Å². The van der Waals surface area contributed by atoms with E-state index in [9.17, 15) is 13.2 Å². The maximum absolute atomic E-state index is 13.0. The van der Waals surface area contributed by atoms with Gasteiger partial charge >= 0.3 is 0 Å². The smallest absolute Gasteiger partial charge is 0.253 e. The molecule has 1 aromatic rings. The Labute approximate surface area is 172 Å². The van der Waals surface area contributed by atoms with Crippen molar-refractivity contribution in [2.75, 3.05) is 33.3 Å². The van der Waals surface area contributed by atoms with E-state index in [0.717, 1.165) is 51.9 Å². The molecule has 1 amide bonds. The number of nitrogens with one attached hydrogen (secondary N) is 2. The van der Waals surface area contributed by atoms with Crippen molar-refractivity contribution in [2.45, 2.75) is 36.6 Å². The normalized spacial score (nSPS) is 24.8. The summed E-state index contributed by atoms with van der Waals surface area (Å²) in [5.74, 6) is 1.43. The quantitative estimate of drug-likeness (QED) is 0.742. The van der Waals surface area contributed by atoms with Gasteiger partial charge in [0.05, 0.1) is 7.11 Å². The van der Waals surface area contributed by atoms with Crippen LogP contribution in [0.15, 0.2) is 23.1 Å². The van der Waals surface area contributed by atoms with E-state index >= 15 is 0 Å². The topological polar surface area (TPSA) is 87.7 Å². The molecule has 28 heavy (non-hydrogen) atoms. The predicted octanol–water partition coefficient (Wildman–Crippen LogP) is 1.63. The summed E-state index contributed by atoms with van der Waals surface area (Å²) >= 11 is 0. The third kappa shape index (κ3) is 4.45. The molecular formula is C19H28ClN3O4S. The van der Waals surface area contributed by atoms with Gasteiger partial charge in [-0.25, -0.2) is 13.1 Å². The fourth-order valence-electron chi connectivity index (χ4n) is 4.11. The van der Waals surface area contributed by atoms with Gasteiger partial charge in [0.1, 0.15) is 10.6 Å². The number of amides is 1. The third-order valence-corrected chi connectivity index (χ3v) is 7.45. The van der Waals surface area contributed by atoms with E-state index in [1.54, 1.807) is 12.1 Å². The number of ether oxygens (including phenoxy) is 1. The molecule has 0 radical (unpaired) electrons. The zero-order chi connectivity index (χ0) is 19.0. The lowest BCUT2D eigenvalue weighted by molar-refractivity contribution is 0.0758. The van der Waals surface area contributed by atoms with Crippen molar-refractivity contribution in [3.05, 3.63) is 23.8 Å². The van der Waals surface area contributed by atoms with Gasteiger partial charge in [-0.3, -0.25) is 4.79 Å². The first kappa shape index (κ1) is 21.4. The molecule has 0 aromatic heterocycles. The van der Waals surface area contributed by atoms with Crippen LogP contribution in [0, 0.1) is 11.8 Å².